The maximum atomic E-state index is 12.6. The maximum Gasteiger partial charge on any atom is 0.310 e. The third-order valence-corrected chi connectivity index (χ3v) is 7.41. The van der Waals surface area contributed by atoms with Crippen LogP contribution in [0.15, 0.2) is 35.0 Å². The number of aryl methyl sites for hydroxylation is 1. The molecule has 0 unspecified atom stereocenters. The molecule has 0 bridgehead atoms. The molecule has 6 atom stereocenters. The Morgan fingerprint density at radius 2 is 2.30 bits per heavy atom. The molecule has 148 valence electrons. The number of fused-ring (bicyclic) bond motifs is 2. The van der Waals surface area contributed by atoms with Crippen molar-refractivity contribution in [1.82, 2.24) is 5.32 Å². The van der Waals surface area contributed by atoms with Crippen LogP contribution in [0.3, 0.4) is 0 Å². The number of hydrogen-bond acceptors (Lipinski definition) is 4. The minimum atomic E-state index is -0.0136. The lowest BCUT2D eigenvalue weighted by Gasteiger charge is -2.50. The number of hydrogen-bond donors (Lipinski definition) is 1. The highest BCUT2D eigenvalue weighted by molar-refractivity contribution is 5.75. The molecule has 3 fully saturated rings. The van der Waals surface area contributed by atoms with Crippen molar-refractivity contribution in [3.8, 4) is 0 Å². The van der Waals surface area contributed by atoms with Crippen LogP contribution in [0.4, 0.5) is 0 Å². The number of allylic oxidation sites excluding steroid dienone is 1. The van der Waals surface area contributed by atoms with Crippen LogP contribution in [0.2, 0.25) is 0 Å². The van der Waals surface area contributed by atoms with Crippen LogP contribution in [0.5, 0.6) is 0 Å². The van der Waals surface area contributed by atoms with Gasteiger partial charge in [0.05, 0.1) is 12.2 Å². The molecule has 4 nitrogen and oxygen atoms in total. The molecule has 1 N–H and O–H groups in total. The van der Waals surface area contributed by atoms with E-state index < -0.39 is 0 Å². The van der Waals surface area contributed by atoms with Gasteiger partial charge in [0.1, 0.15) is 11.9 Å². The van der Waals surface area contributed by atoms with Gasteiger partial charge in [-0.05, 0) is 68.9 Å². The van der Waals surface area contributed by atoms with Crippen molar-refractivity contribution < 1.29 is 13.9 Å². The summed E-state index contributed by atoms with van der Waals surface area (Å²) >= 11 is 0. The van der Waals surface area contributed by atoms with Gasteiger partial charge in [0.25, 0.3) is 0 Å². The second-order valence-corrected chi connectivity index (χ2v) is 9.33. The number of nitrogens with one attached hydrogen (secondary N) is 1. The first-order valence-corrected chi connectivity index (χ1v) is 10.6. The fraction of sp³-hybridized carbons (Fsp3) is 0.696. The molecule has 1 aromatic rings. The lowest BCUT2D eigenvalue weighted by molar-refractivity contribution is -0.146. The molecule has 0 radical (unpaired) electrons. The van der Waals surface area contributed by atoms with Crippen molar-refractivity contribution in [2.45, 2.75) is 70.9 Å². The largest absolute Gasteiger partial charge is 0.469 e. The molecule has 1 aromatic heterocycles. The van der Waals surface area contributed by atoms with Crippen LogP contribution in [0.25, 0.3) is 0 Å². The molecule has 2 heterocycles. The second-order valence-electron chi connectivity index (χ2n) is 9.33. The van der Waals surface area contributed by atoms with Crippen molar-refractivity contribution in [2.24, 2.45) is 23.2 Å². The number of carbonyl (C=O) groups is 1. The first-order valence-electron chi connectivity index (χ1n) is 10.6. The second kappa shape index (κ2) is 7.46. The summed E-state index contributed by atoms with van der Waals surface area (Å²) in [5.74, 6) is 1.91. The summed E-state index contributed by atoms with van der Waals surface area (Å²) in [4.78, 5) is 12.6. The van der Waals surface area contributed by atoms with E-state index in [9.17, 15) is 4.79 Å². The van der Waals surface area contributed by atoms with Crippen molar-refractivity contribution >= 4 is 5.97 Å². The summed E-state index contributed by atoms with van der Waals surface area (Å²) in [7, 11) is 0. The third-order valence-electron chi connectivity index (χ3n) is 7.41. The summed E-state index contributed by atoms with van der Waals surface area (Å²) < 4.78 is 11.3. The lowest BCUT2D eigenvalue weighted by atomic mass is 9.55. The number of ether oxygens (including phenoxy) is 1. The molecule has 0 aromatic carbocycles. The van der Waals surface area contributed by atoms with E-state index >= 15 is 0 Å². The van der Waals surface area contributed by atoms with E-state index in [1.165, 1.54) is 18.4 Å². The van der Waals surface area contributed by atoms with Crippen LogP contribution in [0.1, 0.15) is 58.1 Å². The Morgan fingerprint density at radius 3 is 3.07 bits per heavy atom. The Balaban J connectivity index is 1.34. The smallest absolute Gasteiger partial charge is 0.310 e. The monoisotopic (exact) mass is 371 g/mol. The number of carbonyl (C=O) groups excluding carboxylic acids is 1. The molecule has 1 saturated heterocycles. The molecular weight excluding hydrogens is 338 g/mol. The van der Waals surface area contributed by atoms with E-state index in [0.29, 0.717) is 17.9 Å². The molecular formula is C23H33NO3. The minimum absolute atomic E-state index is 0.00333. The number of furan rings is 1. The van der Waals surface area contributed by atoms with Gasteiger partial charge in [-0.1, -0.05) is 19.1 Å². The van der Waals surface area contributed by atoms with Gasteiger partial charge in [-0.2, -0.15) is 0 Å². The van der Waals surface area contributed by atoms with Crippen molar-refractivity contribution in [2.75, 3.05) is 6.54 Å². The van der Waals surface area contributed by atoms with Gasteiger partial charge in [0.15, 0.2) is 0 Å². The molecule has 2 saturated carbocycles. The van der Waals surface area contributed by atoms with Crippen LogP contribution in [-0.2, 0) is 16.0 Å². The highest BCUT2D eigenvalue weighted by atomic mass is 16.6. The molecule has 1 aliphatic heterocycles. The van der Waals surface area contributed by atoms with Gasteiger partial charge in [0, 0.05) is 24.9 Å². The zero-order valence-corrected chi connectivity index (χ0v) is 16.7. The van der Waals surface area contributed by atoms with E-state index in [1.54, 1.807) is 6.26 Å². The first-order chi connectivity index (χ1) is 13.0. The van der Waals surface area contributed by atoms with Crippen LogP contribution in [0, 0.1) is 23.2 Å². The van der Waals surface area contributed by atoms with E-state index in [1.807, 2.05) is 12.1 Å². The molecule has 3 aliphatic rings. The SMILES string of the molecule is C=C1CCC[C@]2(C)C[C@@H]3OC(=O)[C@H](CN[C@H](C)CCc4ccco4)[C@H]3C[C@H]12. The summed E-state index contributed by atoms with van der Waals surface area (Å²) in [6.45, 7) is 9.66. The summed E-state index contributed by atoms with van der Waals surface area (Å²) in [5.41, 5.74) is 1.68. The van der Waals surface area contributed by atoms with Crippen molar-refractivity contribution in [1.29, 1.82) is 0 Å². The normalized spacial score (nSPS) is 36.8. The Hall–Kier alpha value is -1.55. The third kappa shape index (κ3) is 3.73. The maximum absolute atomic E-state index is 12.6. The molecule has 4 rings (SSSR count). The average molecular weight is 372 g/mol. The highest BCUT2D eigenvalue weighted by Crippen LogP contribution is 2.56. The minimum Gasteiger partial charge on any atom is -0.469 e. The Labute approximate surface area is 162 Å². The Morgan fingerprint density at radius 1 is 1.44 bits per heavy atom. The zero-order valence-electron chi connectivity index (χ0n) is 16.7. The van der Waals surface area contributed by atoms with E-state index in [0.717, 1.165) is 44.4 Å². The molecule has 27 heavy (non-hydrogen) atoms. The van der Waals surface area contributed by atoms with Crippen molar-refractivity contribution in [3.05, 3.63) is 36.3 Å². The Kier molecular flexibility index (Phi) is 5.19. The van der Waals surface area contributed by atoms with Gasteiger partial charge in [-0.25, -0.2) is 0 Å². The molecule has 0 spiro atoms. The fourth-order valence-corrected chi connectivity index (χ4v) is 5.73. The highest BCUT2D eigenvalue weighted by Gasteiger charge is 2.54. The summed E-state index contributed by atoms with van der Waals surface area (Å²) in [6.07, 6.45) is 9.45. The van der Waals surface area contributed by atoms with E-state index in [-0.39, 0.29) is 23.4 Å². The molecule has 0 amide bonds. The zero-order chi connectivity index (χ0) is 19.0. The van der Waals surface area contributed by atoms with Crippen LogP contribution >= 0.6 is 0 Å². The van der Waals surface area contributed by atoms with E-state index in [2.05, 4.69) is 25.7 Å². The lowest BCUT2D eigenvalue weighted by Crippen LogP contribution is -2.45. The van der Waals surface area contributed by atoms with Gasteiger partial charge in [-0.15, -0.1) is 0 Å². The molecule has 4 heteroatoms. The van der Waals surface area contributed by atoms with Gasteiger partial charge >= 0.3 is 5.97 Å². The summed E-state index contributed by atoms with van der Waals surface area (Å²) in [6, 6.07) is 4.29. The number of esters is 1. The summed E-state index contributed by atoms with van der Waals surface area (Å²) in [5, 5.41) is 3.58. The first kappa shape index (κ1) is 18.8. The van der Waals surface area contributed by atoms with E-state index in [4.69, 9.17) is 9.15 Å². The standard InChI is InChI=1S/C23H33NO3/c1-15-6-4-10-23(3)13-21-18(12-20(15)23)19(22(25)27-21)14-24-16(2)8-9-17-7-5-11-26-17/h5,7,11,16,18-21,24H,1,4,6,8-10,12-14H2,2-3H3/t16-,18-,19-,20-,21+,23-/m1/s1. The predicted octanol–water partition coefficient (Wildman–Crippen LogP) is 4.50. The van der Waals surface area contributed by atoms with Gasteiger partial charge in [0.2, 0.25) is 0 Å². The Bertz CT molecular complexity index is 682. The van der Waals surface area contributed by atoms with Crippen LogP contribution < -0.4 is 5.32 Å². The predicted molar refractivity (Wildman–Crippen MR) is 105 cm³/mol. The average Bonchev–Trinajstić information content (AvgIpc) is 3.23. The van der Waals surface area contributed by atoms with Gasteiger partial charge < -0.3 is 14.5 Å². The van der Waals surface area contributed by atoms with Crippen LogP contribution in [-0.4, -0.2) is 24.7 Å². The van der Waals surface area contributed by atoms with Crippen molar-refractivity contribution in [3.63, 3.8) is 0 Å². The quantitative estimate of drug-likeness (QED) is 0.591. The molecule has 2 aliphatic carbocycles. The topological polar surface area (TPSA) is 51.5 Å². The van der Waals surface area contributed by atoms with Gasteiger partial charge in [-0.3, -0.25) is 4.79 Å². The number of rotatable bonds is 6. The fourth-order valence-electron chi connectivity index (χ4n) is 5.73.